The van der Waals surface area contributed by atoms with Gasteiger partial charge in [0, 0.05) is 6.42 Å². The van der Waals surface area contributed by atoms with Crippen LogP contribution in [0.1, 0.15) is 73.1 Å². The number of carbonyl (C=O) groups is 2. The summed E-state index contributed by atoms with van der Waals surface area (Å²) in [5.74, 6) is 0.165. The van der Waals surface area contributed by atoms with E-state index < -0.39 is 5.97 Å². The molecular formula is C19H32O3. The Hall–Kier alpha value is -1.38. The van der Waals surface area contributed by atoms with Gasteiger partial charge in [0.2, 0.25) is 0 Å². The topological polar surface area (TPSA) is 43.4 Å². The van der Waals surface area contributed by atoms with Crippen molar-refractivity contribution in [3.63, 3.8) is 0 Å². The van der Waals surface area contributed by atoms with Crippen molar-refractivity contribution in [2.45, 2.75) is 73.1 Å². The first-order valence-corrected chi connectivity index (χ1v) is 8.33. The molecule has 0 aliphatic rings. The van der Waals surface area contributed by atoms with Gasteiger partial charge < -0.3 is 4.74 Å². The molecule has 0 heterocycles. The predicted molar refractivity (Wildman–Crippen MR) is 91.7 cm³/mol. The van der Waals surface area contributed by atoms with Gasteiger partial charge in [-0.1, -0.05) is 37.1 Å². The zero-order chi connectivity index (χ0) is 17.0. The lowest BCUT2D eigenvalue weighted by molar-refractivity contribution is -0.145. The minimum atomic E-state index is -0.414. The van der Waals surface area contributed by atoms with Crippen LogP contribution in [0.25, 0.3) is 0 Å². The highest BCUT2D eigenvalue weighted by molar-refractivity contribution is 5.95. The van der Waals surface area contributed by atoms with E-state index >= 15 is 0 Å². The minimum Gasteiger partial charge on any atom is -0.466 e. The monoisotopic (exact) mass is 308 g/mol. The van der Waals surface area contributed by atoms with Crippen molar-refractivity contribution in [1.82, 2.24) is 0 Å². The Morgan fingerprint density at radius 2 is 1.68 bits per heavy atom. The lowest BCUT2D eigenvalue weighted by Gasteiger charge is -2.10. The standard InChI is InChI=1S/C19H32O3/c1-6-22-19(21)14-18(20)12-8-11-17(13-16(4)5)10-7-9-15(2)3/h9,11,16H,6-8,10,12-14H2,1-5H3/b17-11-. The third kappa shape index (κ3) is 12.4. The van der Waals surface area contributed by atoms with Crippen LogP contribution in [-0.2, 0) is 14.3 Å². The maximum atomic E-state index is 11.7. The number of hydrogen-bond donors (Lipinski definition) is 0. The molecule has 22 heavy (non-hydrogen) atoms. The molecule has 0 aromatic rings. The number of allylic oxidation sites excluding steroid dienone is 4. The Labute approximate surface area is 135 Å². The number of esters is 1. The fourth-order valence-electron chi connectivity index (χ4n) is 2.26. The highest BCUT2D eigenvalue weighted by atomic mass is 16.5. The second kappa shape index (κ2) is 12.2. The summed E-state index contributed by atoms with van der Waals surface area (Å²) in [6, 6.07) is 0. The molecule has 3 heteroatoms. The number of ether oxygens (including phenoxy) is 1. The number of ketones is 1. The summed E-state index contributed by atoms with van der Waals surface area (Å²) in [6.45, 7) is 10.7. The Morgan fingerprint density at radius 3 is 2.23 bits per heavy atom. The lowest BCUT2D eigenvalue weighted by atomic mass is 9.97. The van der Waals surface area contributed by atoms with Crippen molar-refractivity contribution in [3.05, 3.63) is 23.3 Å². The van der Waals surface area contributed by atoms with E-state index in [1.54, 1.807) is 6.92 Å². The fourth-order valence-corrected chi connectivity index (χ4v) is 2.26. The molecule has 0 fully saturated rings. The summed E-state index contributed by atoms with van der Waals surface area (Å²) in [7, 11) is 0. The molecule has 0 saturated carbocycles. The fraction of sp³-hybridized carbons (Fsp3) is 0.684. The summed E-state index contributed by atoms with van der Waals surface area (Å²) in [5, 5.41) is 0. The van der Waals surface area contributed by atoms with Gasteiger partial charge in [-0.15, -0.1) is 0 Å². The van der Waals surface area contributed by atoms with Crippen LogP contribution in [0.3, 0.4) is 0 Å². The summed E-state index contributed by atoms with van der Waals surface area (Å²) >= 11 is 0. The zero-order valence-corrected chi connectivity index (χ0v) is 14.9. The number of Topliss-reactive ketones (excluding diaryl/α,β-unsaturated/α-hetero) is 1. The van der Waals surface area contributed by atoms with Crippen molar-refractivity contribution < 1.29 is 14.3 Å². The molecular weight excluding hydrogens is 276 g/mol. The second-order valence-electron chi connectivity index (χ2n) is 6.34. The van der Waals surface area contributed by atoms with E-state index in [0.29, 0.717) is 18.9 Å². The average molecular weight is 308 g/mol. The normalized spacial score (nSPS) is 11.5. The highest BCUT2D eigenvalue weighted by Gasteiger charge is 2.09. The first-order chi connectivity index (χ1) is 10.3. The van der Waals surface area contributed by atoms with Crippen LogP contribution < -0.4 is 0 Å². The maximum Gasteiger partial charge on any atom is 0.313 e. The van der Waals surface area contributed by atoms with Gasteiger partial charge in [-0.25, -0.2) is 0 Å². The van der Waals surface area contributed by atoms with Gasteiger partial charge in [0.15, 0.2) is 0 Å². The first kappa shape index (κ1) is 20.6. The molecule has 0 aliphatic heterocycles. The SMILES string of the molecule is CCOC(=O)CC(=O)CC/C=C(/CCC=C(C)C)CC(C)C. The van der Waals surface area contributed by atoms with E-state index in [4.69, 9.17) is 4.74 Å². The second-order valence-corrected chi connectivity index (χ2v) is 6.34. The number of rotatable bonds is 11. The van der Waals surface area contributed by atoms with Crippen molar-refractivity contribution in [2.75, 3.05) is 6.61 Å². The number of hydrogen-bond acceptors (Lipinski definition) is 3. The zero-order valence-electron chi connectivity index (χ0n) is 14.9. The molecule has 0 aromatic heterocycles. The van der Waals surface area contributed by atoms with Crippen LogP contribution in [0, 0.1) is 5.92 Å². The van der Waals surface area contributed by atoms with E-state index in [1.165, 1.54) is 11.1 Å². The van der Waals surface area contributed by atoms with Gasteiger partial charge in [-0.3, -0.25) is 9.59 Å². The predicted octanol–water partition coefficient (Wildman–Crippen LogP) is 5.01. The van der Waals surface area contributed by atoms with Crippen LogP contribution in [0.2, 0.25) is 0 Å². The molecule has 0 rings (SSSR count). The molecule has 0 N–H and O–H groups in total. The van der Waals surface area contributed by atoms with E-state index in [-0.39, 0.29) is 12.2 Å². The summed E-state index contributed by atoms with van der Waals surface area (Å²) in [5.41, 5.74) is 2.75. The van der Waals surface area contributed by atoms with Gasteiger partial charge in [0.05, 0.1) is 6.61 Å². The van der Waals surface area contributed by atoms with E-state index in [2.05, 4.69) is 39.8 Å². The first-order valence-electron chi connectivity index (χ1n) is 8.33. The molecule has 0 spiro atoms. The molecule has 0 radical (unpaired) electrons. The third-order valence-electron chi connectivity index (χ3n) is 3.19. The molecule has 0 atom stereocenters. The largest absolute Gasteiger partial charge is 0.466 e. The molecule has 0 saturated heterocycles. The molecule has 0 unspecified atom stereocenters. The molecule has 0 amide bonds. The van der Waals surface area contributed by atoms with Gasteiger partial charge in [0.1, 0.15) is 12.2 Å². The van der Waals surface area contributed by atoms with E-state index in [9.17, 15) is 9.59 Å². The molecule has 0 bridgehead atoms. The Morgan fingerprint density at radius 1 is 1.05 bits per heavy atom. The summed E-state index contributed by atoms with van der Waals surface area (Å²) in [6.07, 6.45) is 8.65. The van der Waals surface area contributed by atoms with Gasteiger partial charge in [0.25, 0.3) is 0 Å². The average Bonchev–Trinajstić information content (AvgIpc) is 2.37. The minimum absolute atomic E-state index is 0.0390. The maximum absolute atomic E-state index is 11.7. The van der Waals surface area contributed by atoms with Crippen LogP contribution >= 0.6 is 0 Å². The Balaban J connectivity index is 4.30. The van der Waals surface area contributed by atoms with Gasteiger partial charge >= 0.3 is 5.97 Å². The lowest BCUT2D eigenvalue weighted by Crippen LogP contribution is -2.10. The molecule has 3 nitrogen and oxygen atoms in total. The molecule has 0 aliphatic carbocycles. The Kier molecular flexibility index (Phi) is 11.4. The van der Waals surface area contributed by atoms with Crippen LogP contribution in [-0.4, -0.2) is 18.4 Å². The van der Waals surface area contributed by atoms with Crippen molar-refractivity contribution in [1.29, 1.82) is 0 Å². The summed E-state index contributed by atoms with van der Waals surface area (Å²) < 4.78 is 4.79. The quantitative estimate of drug-likeness (QED) is 0.306. The van der Waals surface area contributed by atoms with Crippen molar-refractivity contribution in [2.24, 2.45) is 5.92 Å². The van der Waals surface area contributed by atoms with Gasteiger partial charge in [-0.05, 0) is 52.4 Å². The van der Waals surface area contributed by atoms with Crippen LogP contribution in [0.15, 0.2) is 23.3 Å². The molecule has 0 aromatic carbocycles. The third-order valence-corrected chi connectivity index (χ3v) is 3.19. The number of carbonyl (C=O) groups excluding carboxylic acids is 2. The van der Waals surface area contributed by atoms with E-state index in [1.807, 2.05) is 0 Å². The van der Waals surface area contributed by atoms with Crippen LogP contribution in [0.5, 0.6) is 0 Å². The van der Waals surface area contributed by atoms with Crippen LogP contribution in [0.4, 0.5) is 0 Å². The Bertz CT molecular complexity index is 399. The van der Waals surface area contributed by atoms with Crippen molar-refractivity contribution in [3.8, 4) is 0 Å². The van der Waals surface area contributed by atoms with Crippen molar-refractivity contribution >= 4 is 11.8 Å². The smallest absolute Gasteiger partial charge is 0.313 e. The molecule has 126 valence electrons. The van der Waals surface area contributed by atoms with E-state index in [0.717, 1.165) is 25.7 Å². The van der Waals surface area contributed by atoms with Gasteiger partial charge in [-0.2, -0.15) is 0 Å². The summed E-state index contributed by atoms with van der Waals surface area (Å²) in [4.78, 5) is 22.9. The highest BCUT2D eigenvalue weighted by Crippen LogP contribution is 2.18.